The number of nitrogens with two attached hydrogens (primary N) is 1. The van der Waals surface area contributed by atoms with E-state index in [0.717, 1.165) is 4.88 Å². The Kier molecular flexibility index (Phi) is 4.68. The highest BCUT2D eigenvalue weighted by atomic mass is 35.5. The van der Waals surface area contributed by atoms with Crippen molar-refractivity contribution in [1.29, 1.82) is 0 Å². The van der Waals surface area contributed by atoms with E-state index in [1.807, 2.05) is 17.5 Å². The number of halogens is 1. The number of nitrogens with one attached hydrogen (secondary N) is 1. The lowest BCUT2D eigenvalue weighted by Crippen LogP contribution is -2.31. The largest absolute Gasteiger partial charge is 0.399 e. The molecule has 0 saturated heterocycles. The van der Waals surface area contributed by atoms with Crippen molar-refractivity contribution >= 4 is 34.5 Å². The number of hydrogen-bond donors (Lipinski definition) is 2. The van der Waals surface area contributed by atoms with E-state index in [1.54, 1.807) is 29.5 Å². The third-order valence-corrected chi connectivity index (χ3v) is 4.16. The molecule has 0 radical (unpaired) electrons. The maximum Gasteiger partial charge on any atom is 0.251 e. The van der Waals surface area contributed by atoms with Crippen molar-refractivity contribution in [3.05, 3.63) is 51.2 Å². The molecule has 0 bridgehead atoms. The minimum atomic E-state index is -0.161. The Hall–Kier alpha value is -1.52. The molecule has 0 saturated carbocycles. The van der Waals surface area contributed by atoms with Crippen LogP contribution in [0.5, 0.6) is 0 Å². The third-order valence-electron chi connectivity index (χ3n) is 2.99. The van der Waals surface area contributed by atoms with Gasteiger partial charge in [0.05, 0.1) is 6.04 Å². The lowest BCUT2D eigenvalue weighted by molar-refractivity contribution is 0.0926. The number of rotatable bonds is 4. The van der Waals surface area contributed by atoms with Crippen LogP contribution >= 0.6 is 22.9 Å². The second-order valence-corrected chi connectivity index (χ2v) is 6.40. The first-order valence-corrected chi connectivity index (χ1v) is 7.63. The van der Waals surface area contributed by atoms with E-state index in [-0.39, 0.29) is 11.9 Å². The van der Waals surface area contributed by atoms with Gasteiger partial charge in [0, 0.05) is 21.2 Å². The molecule has 0 fully saturated rings. The smallest absolute Gasteiger partial charge is 0.251 e. The average molecular weight is 309 g/mol. The van der Waals surface area contributed by atoms with E-state index in [4.69, 9.17) is 17.3 Å². The number of nitrogen functional groups attached to an aromatic ring is 1. The van der Waals surface area contributed by atoms with Crippen molar-refractivity contribution in [2.45, 2.75) is 19.9 Å². The highest BCUT2D eigenvalue weighted by Gasteiger charge is 2.20. The minimum absolute atomic E-state index is 0.0114. The summed E-state index contributed by atoms with van der Waals surface area (Å²) < 4.78 is 0. The van der Waals surface area contributed by atoms with Gasteiger partial charge in [-0.15, -0.1) is 11.3 Å². The molecule has 0 aliphatic heterocycles. The average Bonchev–Trinajstić information content (AvgIpc) is 2.87. The molecule has 3 nitrogen and oxygen atoms in total. The van der Waals surface area contributed by atoms with Crippen LogP contribution in [-0.4, -0.2) is 5.91 Å². The van der Waals surface area contributed by atoms with Gasteiger partial charge in [0.15, 0.2) is 0 Å². The number of thiophene rings is 1. The molecule has 1 unspecified atom stereocenters. The van der Waals surface area contributed by atoms with Gasteiger partial charge in [0.25, 0.3) is 5.91 Å². The summed E-state index contributed by atoms with van der Waals surface area (Å²) in [6, 6.07) is 8.88. The van der Waals surface area contributed by atoms with Gasteiger partial charge in [0.1, 0.15) is 0 Å². The molecule has 1 amide bonds. The van der Waals surface area contributed by atoms with Gasteiger partial charge in [-0.05, 0) is 35.6 Å². The van der Waals surface area contributed by atoms with Crippen LogP contribution in [0.4, 0.5) is 5.69 Å². The zero-order chi connectivity index (χ0) is 14.7. The molecule has 0 aliphatic carbocycles. The van der Waals surface area contributed by atoms with Crippen LogP contribution in [0.1, 0.15) is 35.1 Å². The second kappa shape index (κ2) is 6.29. The summed E-state index contributed by atoms with van der Waals surface area (Å²) >= 11 is 7.57. The van der Waals surface area contributed by atoms with E-state index in [0.29, 0.717) is 22.2 Å². The van der Waals surface area contributed by atoms with Crippen molar-refractivity contribution in [2.75, 3.05) is 5.73 Å². The molecule has 3 N–H and O–H groups in total. The van der Waals surface area contributed by atoms with Crippen LogP contribution in [0, 0.1) is 5.92 Å². The molecule has 5 heteroatoms. The number of amides is 1. The quantitative estimate of drug-likeness (QED) is 0.835. The van der Waals surface area contributed by atoms with Crippen molar-refractivity contribution in [3.63, 3.8) is 0 Å². The Balaban J connectivity index is 2.20. The number of benzene rings is 1. The van der Waals surface area contributed by atoms with Crippen LogP contribution in [0.15, 0.2) is 35.7 Å². The predicted octanol–water partition coefficient (Wildman–Crippen LogP) is 4.11. The molecule has 20 heavy (non-hydrogen) atoms. The normalized spacial score (nSPS) is 12.4. The van der Waals surface area contributed by atoms with Gasteiger partial charge < -0.3 is 11.1 Å². The first-order valence-electron chi connectivity index (χ1n) is 6.37. The predicted molar refractivity (Wildman–Crippen MR) is 85.2 cm³/mol. The molecule has 1 atom stereocenters. The molecule has 2 rings (SSSR count). The summed E-state index contributed by atoms with van der Waals surface area (Å²) in [4.78, 5) is 13.5. The van der Waals surface area contributed by atoms with E-state index < -0.39 is 0 Å². The zero-order valence-corrected chi connectivity index (χ0v) is 13.0. The standard InChI is InChI=1S/C15H17ClN2OS/c1-9(2)14(13-4-3-5-20-13)18-15(19)10-6-11(16)8-12(17)7-10/h3-9,14H,17H2,1-2H3,(H,18,19). The molecular weight excluding hydrogens is 292 g/mol. The van der Waals surface area contributed by atoms with Gasteiger partial charge in [-0.2, -0.15) is 0 Å². The third kappa shape index (κ3) is 3.52. The minimum Gasteiger partial charge on any atom is -0.399 e. The SMILES string of the molecule is CC(C)C(NC(=O)c1cc(N)cc(Cl)c1)c1cccs1. The first kappa shape index (κ1) is 14.9. The molecule has 0 aliphatic rings. The summed E-state index contributed by atoms with van der Waals surface area (Å²) in [7, 11) is 0. The Morgan fingerprint density at radius 1 is 1.35 bits per heavy atom. The highest BCUT2D eigenvalue weighted by molar-refractivity contribution is 7.10. The summed E-state index contributed by atoms with van der Waals surface area (Å²) in [6.07, 6.45) is 0. The van der Waals surface area contributed by atoms with E-state index in [2.05, 4.69) is 19.2 Å². The van der Waals surface area contributed by atoms with Crippen LogP contribution in [0.25, 0.3) is 0 Å². The zero-order valence-electron chi connectivity index (χ0n) is 11.4. The molecule has 106 valence electrons. The summed E-state index contributed by atoms with van der Waals surface area (Å²) in [5.41, 5.74) is 6.69. The molecule has 1 heterocycles. The fourth-order valence-corrected chi connectivity index (χ4v) is 3.20. The van der Waals surface area contributed by atoms with Gasteiger partial charge in [-0.1, -0.05) is 31.5 Å². The lowest BCUT2D eigenvalue weighted by Gasteiger charge is -2.21. The number of carbonyl (C=O) groups is 1. The van der Waals surface area contributed by atoms with Crippen molar-refractivity contribution in [3.8, 4) is 0 Å². The Morgan fingerprint density at radius 3 is 2.65 bits per heavy atom. The van der Waals surface area contributed by atoms with Gasteiger partial charge in [-0.3, -0.25) is 4.79 Å². The summed E-state index contributed by atoms with van der Waals surface area (Å²) in [5.74, 6) is 0.139. The van der Waals surface area contributed by atoms with Crippen LogP contribution in [0.3, 0.4) is 0 Å². The maximum atomic E-state index is 12.3. The van der Waals surface area contributed by atoms with Gasteiger partial charge >= 0.3 is 0 Å². The molecule has 1 aromatic heterocycles. The van der Waals surface area contributed by atoms with Crippen molar-refractivity contribution in [1.82, 2.24) is 5.32 Å². The van der Waals surface area contributed by atoms with Crippen LogP contribution < -0.4 is 11.1 Å². The maximum absolute atomic E-state index is 12.3. The lowest BCUT2D eigenvalue weighted by atomic mass is 10.0. The molecular formula is C15H17ClN2OS. The summed E-state index contributed by atoms with van der Waals surface area (Å²) in [6.45, 7) is 4.16. The second-order valence-electron chi connectivity index (χ2n) is 4.98. The number of anilines is 1. The van der Waals surface area contributed by atoms with E-state index in [1.165, 1.54) is 0 Å². The Bertz CT molecular complexity index is 576. The van der Waals surface area contributed by atoms with E-state index in [9.17, 15) is 4.79 Å². The van der Waals surface area contributed by atoms with Gasteiger partial charge in [0.2, 0.25) is 0 Å². The monoisotopic (exact) mass is 308 g/mol. The first-order chi connectivity index (χ1) is 9.47. The van der Waals surface area contributed by atoms with E-state index >= 15 is 0 Å². The Morgan fingerprint density at radius 2 is 2.10 bits per heavy atom. The summed E-state index contributed by atoms with van der Waals surface area (Å²) in [5, 5.41) is 5.52. The topological polar surface area (TPSA) is 55.1 Å². The van der Waals surface area contributed by atoms with Gasteiger partial charge in [-0.25, -0.2) is 0 Å². The fraction of sp³-hybridized carbons (Fsp3) is 0.267. The fourth-order valence-electron chi connectivity index (χ4n) is 2.00. The molecule has 2 aromatic rings. The highest BCUT2D eigenvalue weighted by Crippen LogP contribution is 2.26. The van der Waals surface area contributed by atoms with Crippen molar-refractivity contribution in [2.24, 2.45) is 5.92 Å². The Labute approximate surface area is 127 Å². The van der Waals surface area contributed by atoms with Crippen LogP contribution in [0.2, 0.25) is 5.02 Å². The van der Waals surface area contributed by atoms with Crippen molar-refractivity contribution < 1.29 is 4.79 Å². The van der Waals surface area contributed by atoms with Crippen LogP contribution in [-0.2, 0) is 0 Å². The number of carbonyl (C=O) groups excluding carboxylic acids is 1. The molecule has 1 aromatic carbocycles. The number of hydrogen-bond acceptors (Lipinski definition) is 3. The molecule has 0 spiro atoms.